The summed E-state index contributed by atoms with van der Waals surface area (Å²) in [5.41, 5.74) is 3.26. The highest BCUT2D eigenvalue weighted by atomic mass is 16.5. The quantitative estimate of drug-likeness (QED) is 0.584. The van der Waals surface area contributed by atoms with Crippen LogP contribution < -0.4 is 14.2 Å². The van der Waals surface area contributed by atoms with E-state index in [4.69, 9.17) is 19.2 Å². The van der Waals surface area contributed by atoms with Crippen LogP contribution in [0.15, 0.2) is 48.5 Å². The van der Waals surface area contributed by atoms with E-state index < -0.39 is 0 Å². The van der Waals surface area contributed by atoms with Gasteiger partial charge in [-0.1, -0.05) is 12.0 Å². The van der Waals surface area contributed by atoms with Crippen molar-refractivity contribution in [1.82, 2.24) is 15.2 Å². The number of ether oxygens (including phenoxy) is 3. The smallest absolute Gasteiger partial charge is 0.336 e. The Bertz CT molecular complexity index is 958. The first-order valence-corrected chi connectivity index (χ1v) is 9.84. The molecule has 1 aliphatic carbocycles. The van der Waals surface area contributed by atoms with Gasteiger partial charge in [0.25, 0.3) is 0 Å². The largest absolute Gasteiger partial charge is 0.497 e. The minimum atomic E-state index is 0.312. The second kappa shape index (κ2) is 8.47. The second-order valence-corrected chi connectivity index (χ2v) is 7.37. The Morgan fingerprint density at radius 3 is 1.86 bits per heavy atom. The van der Waals surface area contributed by atoms with Gasteiger partial charge in [-0.2, -0.15) is 4.98 Å². The molecular weight excluding hydrogens is 366 g/mol. The van der Waals surface area contributed by atoms with Crippen molar-refractivity contribution in [2.75, 3.05) is 20.8 Å². The number of benzene rings is 2. The van der Waals surface area contributed by atoms with E-state index in [0.717, 1.165) is 28.3 Å². The summed E-state index contributed by atoms with van der Waals surface area (Å²) in [4.78, 5) is 4.70. The maximum absolute atomic E-state index is 5.89. The van der Waals surface area contributed by atoms with Crippen LogP contribution in [-0.2, 0) is 0 Å². The predicted octanol–water partition coefficient (Wildman–Crippen LogP) is 4.65. The molecule has 29 heavy (non-hydrogen) atoms. The Morgan fingerprint density at radius 2 is 1.38 bits per heavy atom. The molecule has 1 fully saturated rings. The third-order valence-corrected chi connectivity index (χ3v) is 5.62. The van der Waals surface area contributed by atoms with Crippen LogP contribution in [0.25, 0.3) is 22.5 Å². The lowest BCUT2D eigenvalue weighted by molar-refractivity contribution is 0.109. The lowest BCUT2D eigenvalue weighted by Gasteiger charge is -2.32. The maximum Gasteiger partial charge on any atom is 0.336 e. The standard InChI is InChI=1S/C23H25N3O3/c1-15-4-5-18(15)14-29-23-24-21(16-6-10-19(27-2)11-7-16)22(25-26-23)17-8-12-20(28-3)13-9-17/h6-13,15,18H,4-5,14H2,1-3H3. The van der Waals surface area contributed by atoms with E-state index in [1.54, 1.807) is 14.2 Å². The van der Waals surface area contributed by atoms with Crippen molar-refractivity contribution in [3.8, 4) is 40.0 Å². The van der Waals surface area contributed by atoms with Gasteiger partial charge in [-0.15, -0.1) is 5.10 Å². The SMILES string of the molecule is COc1ccc(-c2nnc(OCC3CCC3C)nc2-c2ccc(OC)cc2)cc1. The highest BCUT2D eigenvalue weighted by Gasteiger charge is 2.27. The van der Waals surface area contributed by atoms with Gasteiger partial charge in [0.05, 0.1) is 20.8 Å². The molecule has 0 saturated heterocycles. The van der Waals surface area contributed by atoms with Crippen molar-refractivity contribution >= 4 is 0 Å². The molecule has 4 rings (SSSR count). The molecule has 0 amide bonds. The predicted molar refractivity (Wildman–Crippen MR) is 111 cm³/mol. The summed E-state index contributed by atoms with van der Waals surface area (Å²) in [5, 5.41) is 8.69. The van der Waals surface area contributed by atoms with Gasteiger partial charge in [-0.3, -0.25) is 0 Å². The lowest BCUT2D eigenvalue weighted by atomic mass is 9.76. The van der Waals surface area contributed by atoms with Gasteiger partial charge in [-0.25, -0.2) is 0 Å². The van der Waals surface area contributed by atoms with Gasteiger partial charge < -0.3 is 14.2 Å². The Balaban J connectivity index is 1.68. The van der Waals surface area contributed by atoms with Gasteiger partial charge in [0.1, 0.15) is 22.9 Å². The molecule has 0 aliphatic heterocycles. The van der Waals surface area contributed by atoms with E-state index in [-0.39, 0.29) is 0 Å². The average molecular weight is 391 g/mol. The van der Waals surface area contributed by atoms with Crippen molar-refractivity contribution in [3.63, 3.8) is 0 Å². The number of hydrogen-bond acceptors (Lipinski definition) is 6. The van der Waals surface area contributed by atoms with Crippen LogP contribution >= 0.6 is 0 Å². The summed E-state index contributed by atoms with van der Waals surface area (Å²) in [6, 6.07) is 15.8. The third kappa shape index (κ3) is 4.16. The molecule has 2 atom stereocenters. The molecule has 1 saturated carbocycles. The number of methoxy groups -OCH3 is 2. The van der Waals surface area contributed by atoms with E-state index in [1.165, 1.54) is 12.8 Å². The van der Waals surface area contributed by atoms with Crippen LogP contribution in [0.5, 0.6) is 17.5 Å². The zero-order chi connectivity index (χ0) is 20.2. The molecule has 2 unspecified atom stereocenters. The molecule has 1 heterocycles. The summed E-state index contributed by atoms with van der Waals surface area (Å²) >= 11 is 0. The first-order chi connectivity index (χ1) is 14.2. The number of hydrogen-bond donors (Lipinski definition) is 0. The number of aromatic nitrogens is 3. The molecule has 0 N–H and O–H groups in total. The molecular formula is C23H25N3O3. The van der Waals surface area contributed by atoms with E-state index in [1.807, 2.05) is 48.5 Å². The van der Waals surface area contributed by atoms with E-state index in [0.29, 0.717) is 30.1 Å². The van der Waals surface area contributed by atoms with Crippen molar-refractivity contribution in [2.24, 2.45) is 11.8 Å². The molecule has 0 spiro atoms. The molecule has 6 heteroatoms. The van der Waals surface area contributed by atoms with Crippen molar-refractivity contribution in [2.45, 2.75) is 19.8 Å². The average Bonchev–Trinajstić information content (AvgIpc) is 2.78. The first-order valence-electron chi connectivity index (χ1n) is 9.84. The molecule has 2 aromatic carbocycles. The Labute approximate surface area is 170 Å². The van der Waals surface area contributed by atoms with Crippen LogP contribution in [0.1, 0.15) is 19.8 Å². The van der Waals surface area contributed by atoms with Crippen LogP contribution in [-0.4, -0.2) is 36.0 Å². The van der Waals surface area contributed by atoms with Gasteiger partial charge in [0.15, 0.2) is 0 Å². The molecule has 150 valence electrons. The maximum atomic E-state index is 5.89. The van der Waals surface area contributed by atoms with Crippen molar-refractivity contribution in [3.05, 3.63) is 48.5 Å². The van der Waals surface area contributed by atoms with Gasteiger partial charge in [0.2, 0.25) is 0 Å². The monoisotopic (exact) mass is 391 g/mol. The minimum Gasteiger partial charge on any atom is -0.497 e. The molecule has 1 aromatic heterocycles. The fourth-order valence-electron chi connectivity index (χ4n) is 3.43. The Kier molecular flexibility index (Phi) is 5.60. The minimum absolute atomic E-state index is 0.312. The highest BCUT2D eigenvalue weighted by Crippen LogP contribution is 2.34. The van der Waals surface area contributed by atoms with Gasteiger partial charge >= 0.3 is 6.01 Å². The Morgan fingerprint density at radius 1 is 0.793 bits per heavy atom. The van der Waals surface area contributed by atoms with Gasteiger partial charge in [0, 0.05) is 11.1 Å². The van der Waals surface area contributed by atoms with Gasteiger partial charge in [-0.05, 0) is 73.2 Å². The molecule has 3 aromatic rings. The second-order valence-electron chi connectivity index (χ2n) is 7.37. The molecule has 1 aliphatic rings. The summed E-state index contributed by atoms with van der Waals surface area (Å²) in [7, 11) is 3.30. The summed E-state index contributed by atoms with van der Waals surface area (Å²) in [6.07, 6.45) is 2.46. The summed E-state index contributed by atoms with van der Waals surface area (Å²) in [6.45, 7) is 2.89. The normalized spacial score (nSPS) is 18.0. The highest BCUT2D eigenvalue weighted by molar-refractivity contribution is 5.78. The first kappa shape index (κ1) is 19.2. The zero-order valence-corrected chi connectivity index (χ0v) is 17.0. The summed E-state index contributed by atoms with van der Waals surface area (Å²) in [5.74, 6) is 2.85. The topological polar surface area (TPSA) is 66.4 Å². The third-order valence-electron chi connectivity index (χ3n) is 5.62. The van der Waals surface area contributed by atoms with Crippen molar-refractivity contribution in [1.29, 1.82) is 0 Å². The molecule has 6 nitrogen and oxygen atoms in total. The molecule has 0 radical (unpaired) electrons. The number of nitrogens with zero attached hydrogens (tertiary/aromatic N) is 3. The number of rotatable bonds is 7. The fourth-order valence-corrected chi connectivity index (χ4v) is 3.43. The fraction of sp³-hybridized carbons (Fsp3) is 0.348. The van der Waals surface area contributed by atoms with Crippen LogP contribution in [0.4, 0.5) is 0 Å². The van der Waals surface area contributed by atoms with Crippen LogP contribution in [0.3, 0.4) is 0 Å². The van der Waals surface area contributed by atoms with E-state index >= 15 is 0 Å². The van der Waals surface area contributed by atoms with Crippen LogP contribution in [0, 0.1) is 11.8 Å². The molecule has 0 bridgehead atoms. The Hall–Kier alpha value is -3.15. The van der Waals surface area contributed by atoms with Crippen molar-refractivity contribution < 1.29 is 14.2 Å². The van der Waals surface area contributed by atoms with Crippen LogP contribution in [0.2, 0.25) is 0 Å². The zero-order valence-electron chi connectivity index (χ0n) is 17.0. The summed E-state index contributed by atoms with van der Waals surface area (Å²) < 4.78 is 16.4. The van der Waals surface area contributed by atoms with E-state index in [2.05, 4.69) is 17.1 Å². The lowest BCUT2D eigenvalue weighted by Crippen LogP contribution is -2.29. The van der Waals surface area contributed by atoms with E-state index in [9.17, 15) is 0 Å².